The van der Waals surface area contributed by atoms with E-state index in [0.29, 0.717) is 21.8 Å². The lowest BCUT2D eigenvalue weighted by Crippen LogP contribution is -2.18. The van der Waals surface area contributed by atoms with Gasteiger partial charge in [0.25, 0.3) is 0 Å². The summed E-state index contributed by atoms with van der Waals surface area (Å²) >= 11 is 11.8. The average Bonchev–Trinajstić information content (AvgIpc) is 2.89. The Morgan fingerprint density at radius 1 is 1.32 bits per heavy atom. The number of rotatable bonds is 4. The molecule has 0 aliphatic carbocycles. The summed E-state index contributed by atoms with van der Waals surface area (Å²) in [6.07, 6.45) is 0.950. The van der Waals surface area contributed by atoms with Gasteiger partial charge in [0.1, 0.15) is 0 Å². The first kappa shape index (κ1) is 14.3. The lowest BCUT2D eigenvalue weighted by atomic mass is 10.0. The summed E-state index contributed by atoms with van der Waals surface area (Å²) in [5.41, 5.74) is 6.80. The highest BCUT2D eigenvalue weighted by Gasteiger charge is 2.20. The van der Waals surface area contributed by atoms with Crippen LogP contribution in [0.1, 0.15) is 32.2 Å². The minimum atomic E-state index is -0.256. The van der Waals surface area contributed by atoms with E-state index < -0.39 is 0 Å². The van der Waals surface area contributed by atoms with Crippen molar-refractivity contribution in [1.29, 1.82) is 0 Å². The molecule has 0 radical (unpaired) electrons. The summed E-state index contributed by atoms with van der Waals surface area (Å²) in [5, 5.41) is 4.87. The van der Waals surface area contributed by atoms with Gasteiger partial charge < -0.3 is 10.3 Å². The minimum absolute atomic E-state index is 0.256. The van der Waals surface area contributed by atoms with Gasteiger partial charge in [-0.25, -0.2) is 0 Å². The van der Waals surface area contributed by atoms with Gasteiger partial charge in [-0.3, -0.25) is 0 Å². The van der Waals surface area contributed by atoms with Gasteiger partial charge in [0.15, 0.2) is 0 Å². The largest absolute Gasteiger partial charge is 0.337 e. The van der Waals surface area contributed by atoms with Crippen LogP contribution in [0, 0.1) is 5.92 Å². The van der Waals surface area contributed by atoms with Crippen molar-refractivity contribution in [3.8, 4) is 11.4 Å². The number of aromatic nitrogens is 2. The van der Waals surface area contributed by atoms with E-state index in [-0.39, 0.29) is 12.0 Å². The number of nitrogens with zero attached hydrogens (tertiary/aromatic N) is 2. The van der Waals surface area contributed by atoms with Gasteiger partial charge in [0, 0.05) is 5.56 Å². The van der Waals surface area contributed by atoms with Gasteiger partial charge in [0.2, 0.25) is 11.7 Å². The fraction of sp³-hybridized carbons (Fsp3) is 0.385. The van der Waals surface area contributed by atoms with Crippen LogP contribution in [-0.2, 0) is 0 Å². The van der Waals surface area contributed by atoms with Crippen LogP contribution in [0.5, 0.6) is 0 Å². The summed E-state index contributed by atoms with van der Waals surface area (Å²) in [4.78, 5) is 4.32. The third-order valence-corrected chi connectivity index (χ3v) is 3.90. The molecule has 2 N–H and O–H groups in total. The van der Waals surface area contributed by atoms with Crippen LogP contribution >= 0.6 is 23.2 Å². The van der Waals surface area contributed by atoms with E-state index in [2.05, 4.69) is 17.1 Å². The topological polar surface area (TPSA) is 64.9 Å². The molecule has 0 saturated heterocycles. The maximum absolute atomic E-state index is 6.05. The zero-order valence-corrected chi connectivity index (χ0v) is 12.2. The molecule has 2 rings (SSSR count). The van der Waals surface area contributed by atoms with Crippen molar-refractivity contribution in [3.63, 3.8) is 0 Å². The van der Waals surface area contributed by atoms with Gasteiger partial charge in [-0.2, -0.15) is 4.98 Å². The number of halogens is 2. The highest BCUT2D eigenvalue weighted by atomic mass is 35.5. The lowest BCUT2D eigenvalue weighted by Gasteiger charge is -2.12. The van der Waals surface area contributed by atoms with Crippen molar-refractivity contribution < 1.29 is 4.52 Å². The van der Waals surface area contributed by atoms with Gasteiger partial charge in [0.05, 0.1) is 16.1 Å². The average molecular weight is 300 g/mol. The molecule has 6 heteroatoms. The minimum Gasteiger partial charge on any atom is -0.337 e. The van der Waals surface area contributed by atoms with E-state index in [4.69, 9.17) is 33.5 Å². The molecule has 2 unspecified atom stereocenters. The Kier molecular flexibility index (Phi) is 4.45. The predicted octanol–water partition coefficient (Wildman–Crippen LogP) is 4.09. The Balaban J connectivity index is 2.27. The van der Waals surface area contributed by atoms with Crippen LogP contribution in [0.4, 0.5) is 0 Å². The zero-order chi connectivity index (χ0) is 14.0. The van der Waals surface area contributed by atoms with E-state index >= 15 is 0 Å². The van der Waals surface area contributed by atoms with Gasteiger partial charge >= 0.3 is 0 Å². The Hall–Kier alpha value is -1.10. The smallest absolute Gasteiger partial charge is 0.244 e. The number of hydrogen-bond donors (Lipinski definition) is 1. The Labute approximate surface area is 121 Å². The zero-order valence-electron chi connectivity index (χ0n) is 10.7. The molecule has 19 heavy (non-hydrogen) atoms. The van der Waals surface area contributed by atoms with Crippen molar-refractivity contribution in [3.05, 3.63) is 34.1 Å². The summed E-state index contributed by atoms with van der Waals surface area (Å²) < 4.78 is 5.21. The molecule has 1 aromatic heterocycles. The summed E-state index contributed by atoms with van der Waals surface area (Å²) in [5.74, 6) is 1.19. The first-order valence-electron chi connectivity index (χ1n) is 6.07. The lowest BCUT2D eigenvalue weighted by molar-refractivity contribution is 0.312. The van der Waals surface area contributed by atoms with Crippen LogP contribution in [0.15, 0.2) is 22.7 Å². The standard InChI is InChI=1S/C13H15Cl2N3O/c1-3-7(2)11(16)13-17-12(18-19-13)8-4-5-9(14)10(15)6-8/h4-7,11H,3,16H2,1-2H3. The number of hydrogen-bond acceptors (Lipinski definition) is 4. The van der Waals surface area contributed by atoms with Crippen molar-refractivity contribution in [1.82, 2.24) is 10.1 Å². The van der Waals surface area contributed by atoms with Gasteiger partial charge in [-0.1, -0.05) is 48.6 Å². The molecule has 102 valence electrons. The highest BCUT2D eigenvalue weighted by molar-refractivity contribution is 6.42. The summed E-state index contributed by atoms with van der Waals surface area (Å²) in [7, 11) is 0. The van der Waals surface area contributed by atoms with E-state index in [9.17, 15) is 0 Å². The molecule has 0 aliphatic heterocycles. The van der Waals surface area contributed by atoms with E-state index in [1.807, 2.05) is 6.92 Å². The molecule has 1 aromatic carbocycles. The first-order valence-corrected chi connectivity index (χ1v) is 6.83. The van der Waals surface area contributed by atoms with Crippen molar-refractivity contribution in [2.75, 3.05) is 0 Å². The van der Waals surface area contributed by atoms with Crippen LogP contribution in [0.25, 0.3) is 11.4 Å². The Bertz CT molecular complexity index is 571. The quantitative estimate of drug-likeness (QED) is 0.923. The Morgan fingerprint density at radius 2 is 2.05 bits per heavy atom. The Morgan fingerprint density at radius 3 is 2.68 bits per heavy atom. The van der Waals surface area contributed by atoms with Crippen LogP contribution in [-0.4, -0.2) is 10.1 Å². The fourth-order valence-corrected chi connectivity index (χ4v) is 1.92. The molecule has 2 atom stereocenters. The second-order valence-corrected chi connectivity index (χ2v) is 5.31. The maximum atomic E-state index is 6.05. The molecule has 0 aliphatic rings. The van der Waals surface area contributed by atoms with Crippen LogP contribution < -0.4 is 5.73 Å². The normalized spacial score (nSPS) is 14.4. The van der Waals surface area contributed by atoms with Crippen molar-refractivity contribution in [2.24, 2.45) is 11.7 Å². The number of nitrogens with two attached hydrogens (primary N) is 1. The molecule has 0 amide bonds. The molecule has 1 heterocycles. The highest BCUT2D eigenvalue weighted by Crippen LogP contribution is 2.28. The van der Waals surface area contributed by atoms with Crippen molar-refractivity contribution in [2.45, 2.75) is 26.3 Å². The molecular formula is C13H15Cl2N3O. The van der Waals surface area contributed by atoms with Crippen molar-refractivity contribution >= 4 is 23.2 Å². The second-order valence-electron chi connectivity index (χ2n) is 4.50. The monoisotopic (exact) mass is 299 g/mol. The van der Waals surface area contributed by atoms with Gasteiger partial charge in [-0.15, -0.1) is 0 Å². The fourth-order valence-electron chi connectivity index (χ4n) is 1.62. The predicted molar refractivity (Wildman–Crippen MR) is 76.1 cm³/mol. The molecule has 0 saturated carbocycles. The van der Waals surface area contributed by atoms with Crippen LogP contribution in [0.2, 0.25) is 10.0 Å². The van der Waals surface area contributed by atoms with E-state index in [0.717, 1.165) is 12.0 Å². The maximum Gasteiger partial charge on any atom is 0.244 e. The molecule has 2 aromatic rings. The van der Waals surface area contributed by atoms with Gasteiger partial charge in [-0.05, 0) is 24.1 Å². The second kappa shape index (κ2) is 5.90. The molecule has 0 fully saturated rings. The molecule has 0 bridgehead atoms. The van der Waals surface area contributed by atoms with Crippen LogP contribution in [0.3, 0.4) is 0 Å². The third-order valence-electron chi connectivity index (χ3n) is 3.16. The molecule has 4 nitrogen and oxygen atoms in total. The third kappa shape index (κ3) is 3.08. The summed E-state index contributed by atoms with van der Waals surface area (Å²) in [6, 6.07) is 4.93. The van der Waals surface area contributed by atoms with E-state index in [1.54, 1.807) is 18.2 Å². The SMILES string of the molecule is CCC(C)C(N)c1nc(-c2ccc(Cl)c(Cl)c2)no1. The molecule has 0 spiro atoms. The number of benzene rings is 1. The first-order chi connectivity index (χ1) is 9.02. The van der Waals surface area contributed by atoms with E-state index in [1.165, 1.54) is 0 Å². The summed E-state index contributed by atoms with van der Waals surface area (Å²) in [6.45, 7) is 4.12. The molecular weight excluding hydrogens is 285 g/mol.